The number of halogens is 2. The molecule has 1 aromatic heterocycles. The lowest BCUT2D eigenvalue weighted by Gasteiger charge is -2.15. The molecule has 0 spiro atoms. The zero-order valence-electron chi connectivity index (χ0n) is 11.7. The van der Waals surface area contributed by atoms with E-state index in [9.17, 15) is 0 Å². The van der Waals surface area contributed by atoms with E-state index in [2.05, 4.69) is 80.3 Å². The van der Waals surface area contributed by atoms with Gasteiger partial charge in [-0.2, -0.15) is 0 Å². The molecule has 1 aromatic carbocycles. The van der Waals surface area contributed by atoms with Crippen molar-refractivity contribution in [3.63, 3.8) is 0 Å². The predicted octanol–water partition coefficient (Wildman–Crippen LogP) is 4.64. The molecule has 0 aliphatic carbocycles. The second-order valence-corrected chi connectivity index (χ2v) is 6.76. The van der Waals surface area contributed by atoms with Gasteiger partial charge in [-0.05, 0) is 69.3 Å². The molecule has 106 valence electrons. The van der Waals surface area contributed by atoms with Crippen molar-refractivity contribution in [2.45, 2.75) is 32.9 Å². The number of hydrogen-bond donors (Lipinski definition) is 1. The van der Waals surface area contributed by atoms with Crippen LogP contribution in [0.15, 0.2) is 45.5 Å². The quantitative estimate of drug-likeness (QED) is 0.794. The molecule has 1 N–H and O–H groups in total. The Morgan fingerprint density at radius 3 is 2.70 bits per heavy atom. The summed E-state index contributed by atoms with van der Waals surface area (Å²) >= 11 is 6.96. The summed E-state index contributed by atoms with van der Waals surface area (Å²) < 4.78 is 2.02. The molecule has 1 unspecified atom stereocenters. The fourth-order valence-corrected chi connectivity index (χ4v) is 3.21. The van der Waals surface area contributed by atoms with Crippen LogP contribution in [0, 0.1) is 6.92 Å². The maximum atomic E-state index is 4.42. The summed E-state index contributed by atoms with van der Waals surface area (Å²) in [6, 6.07) is 11.0. The van der Waals surface area contributed by atoms with Gasteiger partial charge in [-0.25, -0.2) is 0 Å². The smallest absolute Gasteiger partial charge is 0.0684 e. The molecule has 2 aromatic rings. The van der Waals surface area contributed by atoms with Crippen LogP contribution in [0.4, 0.5) is 0 Å². The van der Waals surface area contributed by atoms with Gasteiger partial charge in [0.25, 0.3) is 0 Å². The molecule has 2 nitrogen and oxygen atoms in total. The molecule has 0 aliphatic rings. The first-order chi connectivity index (χ1) is 9.56. The maximum Gasteiger partial charge on any atom is 0.0684 e. The van der Waals surface area contributed by atoms with Crippen molar-refractivity contribution >= 4 is 31.9 Å². The van der Waals surface area contributed by atoms with Crippen molar-refractivity contribution in [1.29, 1.82) is 0 Å². The minimum atomic E-state index is 0.411. The number of nitrogens with one attached hydrogen (secondary N) is 1. The average molecular weight is 398 g/mol. The van der Waals surface area contributed by atoms with Gasteiger partial charge in [-0.1, -0.05) is 24.3 Å². The first-order valence-corrected chi connectivity index (χ1v) is 8.22. The number of pyridine rings is 1. The summed E-state index contributed by atoms with van der Waals surface area (Å²) in [7, 11) is 0. The lowest BCUT2D eigenvalue weighted by atomic mass is 10.0. The van der Waals surface area contributed by atoms with Crippen molar-refractivity contribution in [3.8, 4) is 0 Å². The van der Waals surface area contributed by atoms with Crippen molar-refractivity contribution in [1.82, 2.24) is 10.3 Å². The zero-order valence-corrected chi connectivity index (χ0v) is 14.8. The SMILES string of the molecule is Cc1ccccc1CC(C)NCc1ncc(Br)cc1Br. The second-order valence-electron chi connectivity index (χ2n) is 4.99. The van der Waals surface area contributed by atoms with Crippen LogP contribution in [-0.2, 0) is 13.0 Å². The Balaban J connectivity index is 1.92. The number of hydrogen-bond acceptors (Lipinski definition) is 2. The van der Waals surface area contributed by atoms with Gasteiger partial charge >= 0.3 is 0 Å². The lowest BCUT2D eigenvalue weighted by Crippen LogP contribution is -2.28. The summed E-state index contributed by atoms with van der Waals surface area (Å²) in [6.07, 6.45) is 2.86. The summed E-state index contributed by atoms with van der Waals surface area (Å²) in [5.74, 6) is 0. The van der Waals surface area contributed by atoms with Gasteiger partial charge < -0.3 is 5.32 Å². The monoisotopic (exact) mass is 396 g/mol. The third-order valence-corrected chi connectivity index (χ3v) is 4.41. The van der Waals surface area contributed by atoms with E-state index in [-0.39, 0.29) is 0 Å². The van der Waals surface area contributed by atoms with Gasteiger partial charge in [-0.15, -0.1) is 0 Å². The highest BCUT2D eigenvalue weighted by molar-refractivity contribution is 9.11. The van der Waals surface area contributed by atoms with Crippen LogP contribution in [0.1, 0.15) is 23.7 Å². The minimum absolute atomic E-state index is 0.411. The largest absolute Gasteiger partial charge is 0.308 e. The highest BCUT2D eigenvalue weighted by atomic mass is 79.9. The Morgan fingerprint density at radius 1 is 1.25 bits per heavy atom. The molecule has 0 amide bonds. The van der Waals surface area contributed by atoms with Gasteiger partial charge in [0.1, 0.15) is 0 Å². The third-order valence-electron chi connectivity index (χ3n) is 3.29. The van der Waals surface area contributed by atoms with Crippen molar-refractivity contribution in [2.75, 3.05) is 0 Å². The topological polar surface area (TPSA) is 24.9 Å². The number of rotatable bonds is 5. The van der Waals surface area contributed by atoms with Crippen LogP contribution in [0.5, 0.6) is 0 Å². The molecule has 2 rings (SSSR count). The number of aromatic nitrogens is 1. The van der Waals surface area contributed by atoms with Crippen LogP contribution in [0.3, 0.4) is 0 Å². The first-order valence-electron chi connectivity index (χ1n) is 6.64. The van der Waals surface area contributed by atoms with E-state index in [0.29, 0.717) is 6.04 Å². The molecule has 1 atom stereocenters. The molecule has 20 heavy (non-hydrogen) atoms. The first kappa shape index (κ1) is 15.7. The molecule has 1 heterocycles. The third kappa shape index (κ3) is 4.40. The number of aryl methyl sites for hydroxylation is 1. The average Bonchev–Trinajstić information content (AvgIpc) is 2.40. The summed E-state index contributed by atoms with van der Waals surface area (Å²) in [6.45, 7) is 5.13. The molecular weight excluding hydrogens is 380 g/mol. The summed E-state index contributed by atoms with van der Waals surface area (Å²) in [4.78, 5) is 4.42. The van der Waals surface area contributed by atoms with Crippen LogP contribution >= 0.6 is 31.9 Å². The molecular formula is C16H18Br2N2. The lowest BCUT2D eigenvalue weighted by molar-refractivity contribution is 0.538. The van der Waals surface area contributed by atoms with Crippen LogP contribution < -0.4 is 5.32 Å². The maximum absolute atomic E-state index is 4.42. The van der Waals surface area contributed by atoms with E-state index >= 15 is 0 Å². The molecule has 0 saturated heterocycles. The predicted molar refractivity (Wildman–Crippen MR) is 90.8 cm³/mol. The summed E-state index contributed by atoms with van der Waals surface area (Å²) in [5, 5.41) is 3.53. The Labute approximate surface area is 137 Å². The van der Waals surface area contributed by atoms with E-state index < -0.39 is 0 Å². The normalized spacial score (nSPS) is 12.4. The van der Waals surface area contributed by atoms with Crippen molar-refractivity contribution in [3.05, 3.63) is 62.3 Å². The molecule has 0 fully saturated rings. The van der Waals surface area contributed by atoms with E-state index in [1.165, 1.54) is 11.1 Å². The Morgan fingerprint density at radius 2 is 2.00 bits per heavy atom. The second kappa shape index (κ2) is 7.34. The summed E-state index contributed by atoms with van der Waals surface area (Å²) in [5.41, 5.74) is 3.78. The zero-order chi connectivity index (χ0) is 14.5. The van der Waals surface area contributed by atoms with Crippen molar-refractivity contribution in [2.24, 2.45) is 0 Å². The van der Waals surface area contributed by atoms with E-state index in [0.717, 1.165) is 27.6 Å². The van der Waals surface area contributed by atoms with E-state index in [1.54, 1.807) is 0 Å². The highest BCUT2D eigenvalue weighted by Crippen LogP contribution is 2.19. The van der Waals surface area contributed by atoms with Crippen molar-refractivity contribution < 1.29 is 0 Å². The minimum Gasteiger partial charge on any atom is -0.308 e. The number of nitrogens with zero attached hydrogens (tertiary/aromatic N) is 1. The van der Waals surface area contributed by atoms with Crippen LogP contribution in [0.2, 0.25) is 0 Å². The fourth-order valence-electron chi connectivity index (χ4n) is 2.09. The molecule has 0 radical (unpaired) electrons. The molecule has 4 heteroatoms. The standard InChI is InChI=1S/C16H18Br2N2/c1-11-5-3-4-6-13(11)7-12(2)19-10-16-15(18)8-14(17)9-20-16/h3-6,8-9,12,19H,7,10H2,1-2H3. The van der Waals surface area contributed by atoms with Crippen LogP contribution in [0.25, 0.3) is 0 Å². The Hall–Kier alpha value is -0.710. The van der Waals surface area contributed by atoms with Gasteiger partial charge in [0.15, 0.2) is 0 Å². The van der Waals surface area contributed by atoms with Gasteiger partial charge in [0.2, 0.25) is 0 Å². The molecule has 0 saturated carbocycles. The van der Waals surface area contributed by atoms with E-state index in [1.807, 2.05) is 12.3 Å². The highest BCUT2D eigenvalue weighted by Gasteiger charge is 2.07. The van der Waals surface area contributed by atoms with E-state index in [4.69, 9.17) is 0 Å². The molecule has 0 aliphatic heterocycles. The van der Waals surface area contributed by atoms with Gasteiger partial charge in [0.05, 0.1) is 5.69 Å². The molecule has 0 bridgehead atoms. The fraction of sp³-hybridized carbons (Fsp3) is 0.312. The number of benzene rings is 1. The van der Waals surface area contributed by atoms with Gasteiger partial charge in [0, 0.05) is 27.7 Å². The van der Waals surface area contributed by atoms with Gasteiger partial charge in [-0.3, -0.25) is 4.98 Å². The Kier molecular flexibility index (Phi) is 5.75. The Bertz CT molecular complexity index is 584. The van der Waals surface area contributed by atoms with Crippen LogP contribution in [-0.4, -0.2) is 11.0 Å².